The standard InChI is InChI=1S/2C5H5.O.Ti/c2*1-2-4-5-3-1;;/h2*1-5H;;/q2*-1;-2;+4. The van der Waals surface area contributed by atoms with Crippen molar-refractivity contribution in [3.8, 4) is 0 Å². The average molecular weight is 194 g/mol. The Bertz CT molecular complexity index is 149. The fourth-order valence-electron chi connectivity index (χ4n) is 0.642. The largest absolute Gasteiger partial charge is 4.00 e. The van der Waals surface area contributed by atoms with Crippen LogP contribution in [0.25, 0.3) is 0 Å². The predicted octanol–water partition coefficient (Wildman–Crippen LogP) is 2.69. The maximum Gasteiger partial charge on any atom is 4.00 e. The third-order valence-corrected chi connectivity index (χ3v) is 1.11. The summed E-state index contributed by atoms with van der Waals surface area (Å²) >= 11 is 0. The van der Waals surface area contributed by atoms with Gasteiger partial charge in [0.25, 0.3) is 0 Å². The van der Waals surface area contributed by atoms with Gasteiger partial charge in [0, 0.05) is 0 Å². The van der Waals surface area contributed by atoms with E-state index in [0.29, 0.717) is 0 Å². The molecule has 0 amide bonds. The summed E-state index contributed by atoms with van der Waals surface area (Å²) in [5.41, 5.74) is 0. The van der Waals surface area contributed by atoms with Crippen LogP contribution in [0.3, 0.4) is 0 Å². The van der Waals surface area contributed by atoms with Gasteiger partial charge < -0.3 is 5.48 Å². The molecule has 0 aromatic heterocycles. The molecule has 1 nitrogen and oxygen atoms in total. The predicted molar refractivity (Wildman–Crippen MR) is 44.8 cm³/mol. The van der Waals surface area contributed by atoms with Crippen molar-refractivity contribution >= 4 is 0 Å². The molecule has 0 aliphatic rings. The van der Waals surface area contributed by atoms with Gasteiger partial charge in [0.05, 0.1) is 0 Å². The van der Waals surface area contributed by atoms with Gasteiger partial charge in [-0.1, -0.05) is 0 Å². The molecule has 0 saturated heterocycles. The van der Waals surface area contributed by atoms with Gasteiger partial charge in [0.2, 0.25) is 0 Å². The van der Waals surface area contributed by atoms with Crippen molar-refractivity contribution in [2.75, 3.05) is 0 Å². The van der Waals surface area contributed by atoms with Crippen molar-refractivity contribution < 1.29 is 27.2 Å². The molecule has 2 heteroatoms. The van der Waals surface area contributed by atoms with Gasteiger partial charge in [0.1, 0.15) is 0 Å². The van der Waals surface area contributed by atoms with Crippen LogP contribution < -0.4 is 0 Å². The first kappa shape index (κ1) is 13.9. The molecule has 2 aromatic rings. The van der Waals surface area contributed by atoms with Gasteiger partial charge in [-0.25, -0.2) is 24.3 Å². The van der Waals surface area contributed by atoms with Crippen LogP contribution in [-0.4, -0.2) is 0 Å². The monoisotopic (exact) mass is 194 g/mol. The summed E-state index contributed by atoms with van der Waals surface area (Å²) in [6.07, 6.45) is 0. The van der Waals surface area contributed by atoms with E-state index in [1.165, 1.54) is 0 Å². The molecule has 12 heavy (non-hydrogen) atoms. The first-order valence-electron chi connectivity index (χ1n) is 3.33. The van der Waals surface area contributed by atoms with Gasteiger partial charge in [-0.05, 0) is 0 Å². The molecule has 0 aliphatic heterocycles. The normalized spacial score (nSPS) is 6.67. The molecular formula is C10H10OTi. The van der Waals surface area contributed by atoms with E-state index in [-0.39, 0.29) is 27.2 Å². The molecular weight excluding hydrogens is 184 g/mol. The fraction of sp³-hybridized carbons (Fsp3) is 0. The molecule has 0 aliphatic carbocycles. The second kappa shape index (κ2) is 10.4. The van der Waals surface area contributed by atoms with E-state index in [9.17, 15) is 0 Å². The zero-order valence-electron chi connectivity index (χ0n) is 6.68. The molecule has 2 rings (SSSR count). The van der Waals surface area contributed by atoms with Gasteiger partial charge in [-0.3, -0.25) is 0 Å². The molecule has 0 atom stereocenters. The van der Waals surface area contributed by atoms with E-state index in [4.69, 9.17) is 0 Å². The van der Waals surface area contributed by atoms with Gasteiger partial charge in [-0.15, -0.1) is 0 Å². The summed E-state index contributed by atoms with van der Waals surface area (Å²) in [5.74, 6) is 0. The fourth-order valence-corrected chi connectivity index (χ4v) is 0.642. The van der Waals surface area contributed by atoms with Crippen LogP contribution in [0.5, 0.6) is 0 Å². The summed E-state index contributed by atoms with van der Waals surface area (Å²) in [6, 6.07) is 20.0. The Balaban J connectivity index is 0. The minimum absolute atomic E-state index is 0. The van der Waals surface area contributed by atoms with Crippen molar-refractivity contribution in [3.05, 3.63) is 60.7 Å². The Morgan fingerprint density at radius 2 is 0.833 bits per heavy atom. The van der Waals surface area contributed by atoms with Gasteiger partial charge in [0.15, 0.2) is 0 Å². The Labute approximate surface area is 88.0 Å². The summed E-state index contributed by atoms with van der Waals surface area (Å²) in [6.45, 7) is 0. The molecule has 0 bridgehead atoms. The Hall–Kier alpha value is -0.626. The molecule has 0 spiro atoms. The average Bonchev–Trinajstić information content (AvgIpc) is 2.67. The minimum Gasteiger partial charge on any atom is -2.00 e. The molecule has 0 radical (unpaired) electrons. The van der Waals surface area contributed by atoms with Gasteiger partial charge >= 0.3 is 21.7 Å². The zero-order chi connectivity index (χ0) is 7.07. The van der Waals surface area contributed by atoms with Crippen LogP contribution in [0.1, 0.15) is 0 Å². The van der Waals surface area contributed by atoms with Crippen LogP contribution in [0.2, 0.25) is 0 Å². The van der Waals surface area contributed by atoms with E-state index in [2.05, 4.69) is 0 Å². The maximum atomic E-state index is 2.00. The molecule has 60 valence electrons. The molecule has 2 aromatic carbocycles. The SMILES string of the molecule is [O-2].[Ti+4].c1cc[cH-]c1.c1cc[cH-]c1. The summed E-state index contributed by atoms with van der Waals surface area (Å²) in [4.78, 5) is 0. The summed E-state index contributed by atoms with van der Waals surface area (Å²) in [5, 5.41) is 0. The first-order chi connectivity index (χ1) is 5.00. The van der Waals surface area contributed by atoms with Crippen LogP contribution in [-0.2, 0) is 27.2 Å². The minimum atomic E-state index is 0. The van der Waals surface area contributed by atoms with E-state index in [0.717, 1.165) is 0 Å². The van der Waals surface area contributed by atoms with Crippen molar-refractivity contribution in [1.29, 1.82) is 0 Å². The molecule has 0 saturated carbocycles. The smallest absolute Gasteiger partial charge is 2.00 e. The summed E-state index contributed by atoms with van der Waals surface area (Å²) in [7, 11) is 0. The quantitative estimate of drug-likeness (QED) is 0.455. The topological polar surface area (TPSA) is 28.5 Å². The molecule has 0 heterocycles. The van der Waals surface area contributed by atoms with Crippen LogP contribution in [0, 0.1) is 0 Å². The zero-order valence-corrected chi connectivity index (χ0v) is 8.24. The first-order valence-corrected chi connectivity index (χ1v) is 3.33. The second-order valence-electron chi connectivity index (χ2n) is 1.92. The Morgan fingerprint density at radius 3 is 0.917 bits per heavy atom. The van der Waals surface area contributed by atoms with E-state index < -0.39 is 0 Å². The number of rotatable bonds is 0. The van der Waals surface area contributed by atoms with Crippen molar-refractivity contribution in [2.45, 2.75) is 0 Å². The molecule has 0 fully saturated rings. The molecule has 0 N–H and O–H groups in total. The van der Waals surface area contributed by atoms with Gasteiger partial charge in [-0.2, -0.15) is 36.4 Å². The Kier molecular flexibility index (Phi) is 12.0. The second-order valence-corrected chi connectivity index (χ2v) is 1.92. The molecule has 0 unspecified atom stereocenters. The Morgan fingerprint density at radius 1 is 0.583 bits per heavy atom. The van der Waals surface area contributed by atoms with Crippen molar-refractivity contribution in [2.24, 2.45) is 0 Å². The van der Waals surface area contributed by atoms with E-state index >= 15 is 0 Å². The van der Waals surface area contributed by atoms with Crippen LogP contribution in [0.4, 0.5) is 0 Å². The third-order valence-electron chi connectivity index (χ3n) is 1.11. The van der Waals surface area contributed by atoms with Crippen LogP contribution >= 0.6 is 0 Å². The maximum absolute atomic E-state index is 2.00. The summed E-state index contributed by atoms with van der Waals surface area (Å²) < 4.78 is 0. The van der Waals surface area contributed by atoms with E-state index in [1.807, 2.05) is 60.7 Å². The van der Waals surface area contributed by atoms with Crippen molar-refractivity contribution in [3.63, 3.8) is 0 Å². The van der Waals surface area contributed by atoms with E-state index in [1.54, 1.807) is 0 Å². The third kappa shape index (κ3) is 7.48. The van der Waals surface area contributed by atoms with Crippen LogP contribution in [0.15, 0.2) is 60.7 Å². The van der Waals surface area contributed by atoms with Crippen molar-refractivity contribution in [1.82, 2.24) is 0 Å². The number of hydrogen-bond donors (Lipinski definition) is 0. The number of hydrogen-bond acceptors (Lipinski definition) is 0.